The fourth-order valence-electron chi connectivity index (χ4n) is 2.76. The van der Waals surface area contributed by atoms with E-state index in [-0.39, 0.29) is 5.41 Å². The van der Waals surface area contributed by atoms with Crippen LogP contribution in [0.15, 0.2) is 0 Å². The molecule has 0 aromatic rings. The van der Waals surface area contributed by atoms with Gasteiger partial charge in [0.1, 0.15) is 0 Å². The van der Waals surface area contributed by atoms with Gasteiger partial charge in [0.2, 0.25) is 0 Å². The summed E-state index contributed by atoms with van der Waals surface area (Å²) in [6.07, 6.45) is 10.0. The molecule has 0 aromatic carbocycles. The summed E-state index contributed by atoms with van der Waals surface area (Å²) in [5.74, 6) is 0. The lowest BCUT2D eigenvalue weighted by Gasteiger charge is -2.51. The van der Waals surface area contributed by atoms with Crippen LogP contribution in [0.3, 0.4) is 0 Å². The molecule has 0 heterocycles. The number of hydrogen-bond acceptors (Lipinski definition) is 2. The lowest BCUT2D eigenvalue weighted by molar-refractivity contribution is -0.142. The van der Waals surface area contributed by atoms with Crippen molar-refractivity contribution in [2.24, 2.45) is 11.1 Å². The highest BCUT2D eigenvalue weighted by molar-refractivity contribution is 5.01. The quantitative estimate of drug-likeness (QED) is 0.713. The van der Waals surface area contributed by atoms with Gasteiger partial charge in [0.05, 0.1) is 12.2 Å². The second kappa shape index (κ2) is 4.42. The van der Waals surface area contributed by atoms with Crippen molar-refractivity contribution < 1.29 is 4.74 Å². The summed E-state index contributed by atoms with van der Waals surface area (Å²) < 4.78 is 6.21. The summed E-state index contributed by atoms with van der Waals surface area (Å²) in [5.41, 5.74) is 6.20. The zero-order chi connectivity index (χ0) is 10.9. The molecule has 2 unspecified atom stereocenters. The Morgan fingerprint density at radius 2 is 1.67 bits per heavy atom. The topological polar surface area (TPSA) is 35.2 Å². The van der Waals surface area contributed by atoms with E-state index in [1.54, 1.807) is 0 Å². The highest BCUT2D eigenvalue weighted by Gasteiger charge is 2.47. The molecule has 2 rings (SSSR count). The van der Waals surface area contributed by atoms with Gasteiger partial charge in [0.25, 0.3) is 0 Å². The van der Waals surface area contributed by atoms with Crippen LogP contribution in [0.25, 0.3) is 0 Å². The molecular formula is C13H25NO. The van der Waals surface area contributed by atoms with Gasteiger partial charge in [0, 0.05) is 11.5 Å². The maximum Gasteiger partial charge on any atom is 0.0659 e. The lowest BCUT2D eigenvalue weighted by Crippen LogP contribution is -2.59. The summed E-state index contributed by atoms with van der Waals surface area (Å²) in [6, 6.07) is 0.341. The first-order valence-corrected chi connectivity index (χ1v) is 6.52. The monoisotopic (exact) mass is 211 g/mol. The average molecular weight is 211 g/mol. The van der Waals surface area contributed by atoms with E-state index in [2.05, 4.69) is 13.8 Å². The van der Waals surface area contributed by atoms with Crippen LogP contribution in [0.4, 0.5) is 0 Å². The molecule has 0 bridgehead atoms. The molecule has 0 aromatic heterocycles. The van der Waals surface area contributed by atoms with Gasteiger partial charge in [-0.15, -0.1) is 0 Å². The molecule has 2 atom stereocenters. The van der Waals surface area contributed by atoms with Crippen molar-refractivity contribution in [2.45, 2.75) is 77.0 Å². The average Bonchev–Trinajstić information content (AvgIpc) is 2.46. The van der Waals surface area contributed by atoms with Crippen LogP contribution in [-0.4, -0.2) is 18.2 Å². The van der Waals surface area contributed by atoms with Gasteiger partial charge in [-0.2, -0.15) is 0 Å². The fraction of sp³-hybridized carbons (Fsp3) is 1.00. The van der Waals surface area contributed by atoms with Crippen molar-refractivity contribution in [1.29, 1.82) is 0 Å². The molecule has 0 aliphatic heterocycles. The molecular weight excluding hydrogens is 186 g/mol. The zero-order valence-corrected chi connectivity index (χ0v) is 10.2. The van der Waals surface area contributed by atoms with Crippen LogP contribution < -0.4 is 5.73 Å². The second-order valence-corrected chi connectivity index (χ2v) is 5.90. The Balaban J connectivity index is 1.81. The van der Waals surface area contributed by atoms with Gasteiger partial charge < -0.3 is 10.5 Å². The van der Waals surface area contributed by atoms with Gasteiger partial charge in [-0.25, -0.2) is 0 Å². The first-order valence-electron chi connectivity index (χ1n) is 6.52. The molecule has 0 radical (unpaired) electrons. The molecule has 2 nitrogen and oxygen atoms in total. The van der Waals surface area contributed by atoms with Crippen LogP contribution in [-0.2, 0) is 4.74 Å². The number of rotatable bonds is 2. The standard InChI is InChI=1S/C13H25NO/c1-13(2)11(14)9-12(13)15-10-7-5-3-4-6-8-10/h10-12H,3-9,14H2,1-2H3. The minimum atomic E-state index is 0.201. The minimum absolute atomic E-state index is 0.201. The molecule has 2 N–H and O–H groups in total. The molecule has 0 spiro atoms. The van der Waals surface area contributed by atoms with E-state index in [9.17, 15) is 0 Å². The molecule has 0 amide bonds. The Morgan fingerprint density at radius 3 is 2.13 bits per heavy atom. The second-order valence-electron chi connectivity index (χ2n) is 5.90. The van der Waals surface area contributed by atoms with Gasteiger partial charge >= 0.3 is 0 Å². The van der Waals surface area contributed by atoms with Crippen LogP contribution in [0.1, 0.15) is 58.8 Å². The molecule has 88 valence electrons. The van der Waals surface area contributed by atoms with E-state index in [1.165, 1.54) is 38.5 Å². The Bertz CT molecular complexity index is 207. The van der Waals surface area contributed by atoms with Crippen LogP contribution >= 0.6 is 0 Å². The Kier molecular flexibility index (Phi) is 3.36. The van der Waals surface area contributed by atoms with Crippen molar-refractivity contribution in [3.63, 3.8) is 0 Å². The Morgan fingerprint density at radius 1 is 1.07 bits per heavy atom. The maximum absolute atomic E-state index is 6.21. The number of nitrogens with two attached hydrogens (primary N) is 1. The normalized spacial score (nSPS) is 37.0. The molecule has 2 aliphatic carbocycles. The summed E-state index contributed by atoms with van der Waals surface area (Å²) >= 11 is 0. The summed E-state index contributed by atoms with van der Waals surface area (Å²) in [5, 5.41) is 0. The Hall–Kier alpha value is -0.0800. The Labute approximate surface area is 93.6 Å². The highest BCUT2D eigenvalue weighted by atomic mass is 16.5. The van der Waals surface area contributed by atoms with E-state index in [1.807, 2.05) is 0 Å². The fourth-order valence-corrected chi connectivity index (χ4v) is 2.76. The van der Waals surface area contributed by atoms with E-state index < -0.39 is 0 Å². The van der Waals surface area contributed by atoms with Gasteiger partial charge in [-0.1, -0.05) is 39.5 Å². The van der Waals surface area contributed by atoms with Gasteiger partial charge in [-0.05, 0) is 19.3 Å². The van der Waals surface area contributed by atoms with Crippen molar-refractivity contribution in [1.82, 2.24) is 0 Å². The summed E-state index contributed by atoms with van der Waals surface area (Å²) in [7, 11) is 0. The first-order chi connectivity index (χ1) is 7.10. The van der Waals surface area contributed by atoms with E-state index in [4.69, 9.17) is 10.5 Å². The van der Waals surface area contributed by atoms with E-state index >= 15 is 0 Å². The molecule has 2 heteroatoms. The maximum atomic E-state index is 6.21. The zero-order valence-electron chi connectivity index (χ0n) is 10.2. The van der Waals surface area contributed by atoms with Crippen molar-refractivity contribution in [2.75, 3.05) is 0 Å². The van der Waals surface area contributed by atoms with Crippen molar-refractivity contribution in [3.8, 4) is 0 Å². The molecule has 2 saturated carbocycles. The molecule has 2 aliphatic rings. The van der Waals surface area contributed by atoms with Gasteiger partial charge in [-0.3, -0.25) is 0 Å². The third kappa shape index (κ3) is 2.36. The smallest absolute Gasteiger partial charge is 0.0659 e. The van der Waals surface area contributed by atoms with Crippen LogP contribution in [0, 0.1) is 5.41 Å². The highest BCUT2D eigenvalue weighted by Crippen LogP contribution is 2.42. The predicted octanol–water partition coefficient (Wildman–Crippen LogP) is 2.85. The van der Waals surface area contributed by atoms with Gasteiger partial charge in [0.15, 0.2) is 0 Å². The largest absolute Gasteiger partial charge is 0.374 e. The number of ether oxygens (including phenoxy) is 1. The van der Waals surface area contributed by atoms with E-state index in [0.29, 0.717) is 18.2 Å². The summed E-state index contributed by atoms with van der Waals surface area (Å²) in [4.78, 5) is 0. The molecule has 15 heavy (non-hydrogen) atoms. The molecule has 2 fully saturated rings. The minimum Gasteiger partial charge on any atom is -0.374 e. The van der Waals surface area contributed by atoms with Crippen molar-refractivity contribution in [3.05, 3.63) is 0 Å². The first kappa shape index (κ1) is 11.4. The van der Waals surface area contributed by atoms with E-state index in [0.717, 1.165) is 6.42 Å². The predicted molar refractivity (Wildman–Crippen MR) is 62.7 cm³/mol. The molecule has 0 saturated heterocycles. The lowest BCUT2D eigenvalue weighted by atomic mass is 9.65. The summed E-state index contributed by atoms with van der Waals surface area (Å²) in [6.45, 7) is 4.48. The number of hydrogen-bond donors (Lipinski definition) is 1. The van der Waals surface area contributed by atoms with Crippen LogP contribution in [0.5, 0.6) is 0 Å². The van der Waals surface area contributed by atoms with Crippen molar-refractivity contribution >= 4 is 0 Å². The third-order valence-electron chi connectivity index (χ3n) is 4.41. The van der Waals surface area contributed by atoms with Crippen LogP contribution in [0.2, 0.25) is 0 Å². The SMILES string of the molecule is CC1(C)C(N)CC1OC1CCCCCC1. The third-order valence-corrected chi connectivity index (χ3v) is 4.41.